The molecular formula is C31H32F4O. The summed E-state index contributed by atoms with van der Waals surface area (Å²) in [5.74, 6) is 5.21. The third kappa shape index (κ3) is 6.81. The number of benzene rings is 3. The highest BCUT2D eigenvalue weighted by Gasteiger charge is 2.20. The second kappa shape index (κ2) is 12.3. The third-order valence-corrected chi connectivity index (χ3v) is 7.28. The van der Waals surface area contributed by atoms with E-state index in [0.29, 0.717) is 5.39 Å². The second-order valence-corrected chi connectivity index (χ2v) is 9.82. The van der Waals surface area contributed by atoms with Crippen molar-refractivity contribution in [2.75, 3.05) is 0 Å². The predicted octanol–water partition coefficient (Wildman–Crippen LogP) is 9.05. The monoisotopic (exact) mass is 496 g/mol. The Balaban J connectivity index is 1.39. The second-order valence-electron chi connectivity index (χ2n) is 9.82. The number of fused-ring (bicyclic) bond motifs is 1. The summed E-state index contributed by atoms with van der Waals surface area (Å²) in [5, 5.41) is 1.33. The van der Waals surface area contributed by atoms with E-state index in [2.05, 4.69) is 29.6 Å². The van der Waals surface area contributed by atoms with Crippen molar-refractivity contribution in [3.63, 3.8) is 0 Å². The molecule has 4 rings (SSSR count). The van der Waals surface area contributed by atoms with Gasteiger partial charge in [-0.05, 0) is 59.9 Å². The van der Waals surface area contributed by atoms with Crippen LogP contribution in [0.1, 0.15) is 75.0 Å². The lowest BCUT2D eigenvalue weighted by molar-refractivity contribution is -0.0521. The van der Waals surface area contributed by atoms with Gasteiger partial charge in [-0.15, -0.1) is 0 Å². The predicted molar refractivity (Wildman–Crippen MR) is 136 cm³/mol. The van der Waals surface area contributed by atoms with Crippen LogP contribution in [-0.2, 0) is 6.42 Å². The molecule has 3 aromatic rings. The maximum Gasteiger partial charge on any atom is 0.387 e. The lowest BCUT2D eigenvalue weighted by Crippen LogP contribution is -2.15. The molecule has 0 aromatic heterocycles. The van der Waals surface area contributed by atoms with Gasteiger partial charge in [0.15, 0.2) is 11.6 Å². The van der Waals surface area contributed by atoms with Crippen molar-refractivity contribution in [3.8, 4) is 17.6 Å². The van der Waals surface area contributed by atoms with Gasteiger partial charge in [-0.2, -0.15) is 8.78 Å². The summed E-state index contributed by atoms with van der Waals surface area (Å²) in [7, 11) is 0. The first-order chi connectivity index (χ1) is 17.4. The fourth-order valence-electron chi connectivity index (χ4n) is 5.18. The van der Waals surface area contributed by atoms with Gasteiger partial charge in [0.05, 0.1) is 5.56 Å². The van der Waals surface area contributed by atoms with Crippen LogP contribution in [0.15, 0.2) is 48.5 Å². The van der Waals surface area contributed by atoms with Crippen LogP contribution in [0, 0.1) is 35.3 Å². The van der Waals surface area contributed by atoms with Crippen LogP contribution in [0.25, 0.3) is 10.8 Å². The Bertz CT molecular complexity index is 1230. The summed E-state index contributed by atoms with van der Waals surface area (Å²) in [6.07, 6.45) is 11.6. The van der Waals surface area contributed by atoms with Gasteiger partial charge in [-0.3, -0.25) is 0 Å². The number of hydrogen-bond donors (Lipinski definition) is 0. The van der Waals surface area contributed by atoms with Crippen molar-refractivity contribution < 1.29 is 22.3 Å². The minimum Gasteiger partial charge on any atom is -0.432 e. The lowest BCUT2D eigenvalue weighted by Gasteiger charge is -2.28. The van der Waals surface area contributed by atoms with Gasteiger partial charge in [0.1, 0.15) is 5.82 Å². The number of unbranched alkanes of at least 4 members (excludes halogenated alkanes) is 1. The zero-order valence-electron chi connectivity index (χ0n) is 20.6. The summed E-state index contributed by atoms with van der Waals surface area (Å²) >= 11 is 0. The zero-order chi connectivity index (χ0) is 25.5. The van der Waals surface area contributed by atoms with Gasteiger partial charge in [-0.1, -0.05) is 88.0 Å². The SMILES string of the molecule is CCCCC1CCC(CCc2ccc3c(F)c(C#Cc4ccc(OC(F)F)c(F)c4)ccc3c2)CC1. The van der Waals surface area contributed by atoms with E-state index in [1.54, 1.807) is 6.07 Å². The summed E-state index contributed by atoms with van der Waals surface area (Å²) in [6, 6.07) is 12.8. The highest BCUT2D eigenvalue weighted by atomic mass is 19.3. The Hall–Kier alpha value is -3.00. The standard InChI is InChI=1S/C31H32F4O/c1-2-3-4-21-5-7-22(8-6-21)9-10-23-12-17-27-26(19-23)16-15-25(30(27)33)14-11-24-13-18-29(28(32)20-24)36-31(34)35/h12-13,15-22,31H,2-10H2,1H3. The van der Waals surface area contributed by atoms with Crippen molar-refractivity contribution in [1.29, 1.82) is 0 Å². The van der Waals surface area contributed by atoms with Crippen LogP contribution >= 0.6 is 0 Å². The van der Waals surface area contributed by atoms with Gasteiger partial charge < -0.3 is 4.74 Å². The highest BCUT2D eigenvalue weighted by Crippen LogP contribution is 2.34. The highest BCUT2D eigenvalue weighted by molar-refractivity contribution is 5.85. The molecule has 0 spiro atoms. The molecule has 0 unspecified atom stereocenters. The van der Waals surface area contributed by atoms with E-state index in [1.165, 1.54) is 63.0 Å². The van der Waals surface area contributed by atoms with E-state index < -0.39 is 24.0 Å². The van der Waals surface area contributed by atoms with Crippen LogP contribution in [0.5, 0.6) is 5.75 Å². The number of ether oxygens (including phenoxy) is 1. The Labute approximate surface area is 210 Å². The van der Waals surface area contributed by atoms with Crippen LogP contribution in [0.4, 0.5) is 17.6 Å². The van der Waals surface area contributed by atoms with Crippen molar-refractivity contribution >= 4 is 10.8 Å². The summed E-state index contributed by atoms with van der Waals surface area (Å²) in [4.78, 5) is 0. The van der Waals surface area contributed by atoms with E-state index in [4.69, 9.17) is 0 Å². The Kier molecular flexibility index (Phi) is 8.91. The largest absolute Gasteiger partial charge is 0.432 e. The van der Waals surface area contributed by atoms with Crippen LogP contribution in [0.3, 0.4) is 0 Å². The first-order valence-electron chi connectivity index (χ1n) is 12.9. The molecule has 0 atom stereocenters. The smallest absolute Gasteiger partial charge is 0.387 e. The van der Waals surface area contributed by atoms with Gasteiger partial charge in [-0.25, -0.2) is 8.78 Å². The molecule has 0 amide bonds. The van der Waals surface area contributed by atoms with E-state index in [-0.39, 0.29) is 11.1 Å². The van der Waals surface area contributed by atoms with Gasteiger partial charge in [0, 0.05) is 10.9 Å². The average Bonchev–Trinajstić information content (AvgIpc) is 2.87. The Morgan fingerprint density at radius 1 is 0.889 bits per heavy atom. The fraction of sp³-hybridized carbons (Fsp3) is 0.419. The summed E-state index contributed by atoms with van der Waals surface area (Å²) in [6.45, 7) is -0.852. The zero-order valence-corrected chi connectivity index (χ0v) is 20.6. The maximum atomic E-state index is 15.1. The van der Waals surface area contributed by atoms with Crippen LogP contribution in [0.2, 0.25) is 0 Å². The molecule has 0 bridgehead atoms. The van der Waals surface area contributed by atoms with Crippen molar-refractivity contribution in [1.82, 2.24) is 0 Å². The number of aryl methyl sites for hydroxylation is 1. The fourth-order valence-corrected chi connectivity index (χ4v) is 5.18. The number of rotatable bonds is 8. The molecule has 0 heterocycles. The Morgan fingerprint density at radius 3 is 2.33 bits per heavy atom. The first-order valence-corrected chi connectivity index (χ1v) is 12.9. The molecule has 0 radical (unpaired) electrons. The Morgan fingerprint density at radius 2 is 1.64 bits per heavy atom. The number of alkyl halides is 2. The molecule has 0 aliphatic heterocycles. The molecule has 1 aliphatic carbocycles. The average molecular weight is 497 g/mol. The summed E-state index contributed by atoms with van der Waals surface area (Å²) < 4.78 is 57.7. The molecule has 190 valence electrons. The summed E-state index contributed by atoms with van der Waals surface area (Å²) in [5.41, 5.74) is 1.65. The van der Waals surface area contributed by atoms with Crippen LogP contribution < -0.4 is 4.74 Å². The van der Waals surface area contributed by atoms with E-state index in [9.17, 15) is 13.2 Å². The third-order valence-electron chi connectivity index (χ3n) is 7.28. The van der Waals surface area contributed by atoms with Crippen molar-refractivity contribution in [2.24, 2.45) is 11.8 Å². The molecule has 5 heteroatoms. The number of hydrogen-bond acceptors (Lipinski definition) is 1. The maximum absolute atomic E-state index is 15.1. The molecule has 3 aromatic carbocycles. The molecule has 1 saturated carbocycles. The minimum absolute atomic E-state index is 0.198. The molecule has 1 aliphatic rings. The van der Waals surface area contributed by atoms with Crippen LogP contribution in [-0.4, -0.2) is 6.61 Å². The first kappa shape index (κ1) is 26.1. The molecular weight excluding hydrogens is 464 g/mol. The van der Waals surface area contributed by atoms with Crippen molar-refractivity contribution in [3.05, 3.63) is 76.9 Å². The van der Waals surface area contributed by atoms with E-state index >= 15 is 4.39 Å². The van der Waals surface area contributed by atoms with Gasteiger partial charge in [0.25, 0.3) is 0 Å². The molecule has 36 heavy (non-hydrogen) atoms. The van der Waals surface area contributed by atoms with Gasteiger partial charge >= 0.3 is 6.61 Å². The topological polar surface area (TPSA) is 9.23 Å². The lowest BCUT2D eigenvalue weighted by atomic mass is 9.78. The molecule has 1 nitrogen and oxygen atoms in total. The minimum atomic E-state index is -3.11. The van der Waals surface area contributed by atoms with E-state index in [0.717, 1.165) is 35.8 Å². The number of halogens is 4. The quantitative estimate of drug-likeness (QED) is 0.223. The van der Waals surface area contributed by atoms with E-state index in [1.807, 2.05) is 18.2 Å². The van der Waals surface area contributed by atoms with Crippen molar-refractivity contribution in [2.45, 2.75) is 71.3 Å². The molecule has 0 N–H and O–H groups in total. The molecule has 0 saturated heterocycles. The van der Waals surface area contributed by atoms with Gasteiger partial charge in [0.2, 0.25) is 0 Å². The normalized spacial score (nSPS) is 17.7. The molecule has 1 fully saturated rings.